The number of pyridine rings is 1. The highest BCUT2D eigenvalue weighted by atomic mass is 35.5. The molecule has 0 spiro atoms. The normalized spacial score (nSPS) is 12.0. The maximum absolute atomic E-state index is 14.0. The van der Waals surface area contributed by atoms with Gasteiger partial charge in [0, 0.05) is 27.6 Å². The first-order chi connectivity index (χ1) is 14.0. The molecule has 0 aliphatic rings. The molecule has 4 rings (SSSR count). The molecule has 0 amide bonds. The fourth-order valence-corrected chi connectivity index (χ4v) is 3.83. The van der Waals surface area contributed by atoms with Crippen LogP contribution in [-0.4, -0.2) is 31.4 Å². The van der Waals surface area contributed by atoms with E-state index in [2.05, 4.69) is 10.2 Å². The fraction of sp³-hybridized carbons (Fsp3) is 0.143. The number of halogens is 3. The Labute approximate surface area is 181 Å². The summed E-state index contributed by atoms with van der Waals surface area (Å²) in [4.78, 5) is 1.04. The Hall–Kier alpha value is -2.52. The van der Waals surface area contributed by atoms with Crippen molar-refractivity contribution in [1.82, 2.24) is 14.6 Å². The van der Waals surface area contributed by atoms with E-state index in [9.17, 15) is 19.0 Å². The number of rotatable bonds is 5. The molecular weight excluding hydrogens is 432 g/mol. The van der Waals surface area contributed by atoms with Crippen LogP contribution in [0.5, 0.6) is 0 Å². The van der Waals surface area contributed by atoms with Crippen LogP contribution < -0.4 is 0 Å². The number of hydrogen-bond donors (Lipinski definition) is 2. The smallest absolute Gasteiger partial charge is 0.168 e. The third-order valence-corrected chi connectivity index (χ3v) is 5.59. The molecule has 2 heterocycles. The van der Waals surface area contributed by atoms with Gasteiger partial charge in [0.15, 0.2) is 11.5 Å². The molecule has 1 unspecified atom stereocenters. The Morgan fingerprint density at radius 2 is 1.87 bits per heavy atom. The van der Waals surface area contributed by atoms with Crippen LogP contribution in [0.2, 0.25) is 0 Å². The van der Waals surface area contributed by atoms with Gasteiger partial charge in [0.2, 0.25) is 0 Å². The Morgan fingerprint density at radius 3 is 2.60 bits per heavy atom. The molecule has 9 heteroatoms. The van der Waals surface area contributed by atoms with E-state index in [0.717, 1.165) is 22.1 Å². The van der Waals surface area contributed by atoms with Crippen LogP contribution in [0.4, 0.5) is 8.78 Å². The van der Waals surface area contributed by atoms with Crippen LogP contribution in [-0.2, 0) is 0 Å². The number of hydrogen-bond acceptors (Lipinski definition) is 5. The Bertz CT molecular complexity index is 1200. The molecule has 0 fully saturated rings. The number of benzene rings is 2. The summed E-state index contributed by atoms with van der Waals surface area (Å²) in [7, 11) is 0. The minimum atomic E-state index is -0.985. The first-order valence-electron chi connectivity index (χ1n) is 8.84. The summed E-state index contributed by atoms with van der Waals surface area (Å²) in [5, 5.41) is 27.6. The van der Waals surface area contributed by atoms with Gasteiger partial charge in [0.05, 0.1) is 6.61 Å². The maximum Gasteiger partial charge on any atom is 0.168 e. The van der Waals surface area contributed by atoms with Gasteiger partial charge >= 0.3 is 0 Å². The highest BCUT2D eigenvalue weighted by molar-refractivity contribution is 7.99. The molecule has 156 valence electrons. The molecule has 5 nitrogen and oxygen atoms in total. The Kier molecular flexibility index (Phi) is 6.72. The number of nitrogens with zero attached hydrogens (tertiary/aromatic N) is 3. The van der Waals surface area contributed by atoms with Crippen LogP contribution in [0.1, 0.15) is 17.2 Å². The highest BCUT2D eigenvalue weighted by Crippen LogP contribution is 2.32. The first-order valence-corrected chi connectivity index (χ1v) is 9.65. The lowest BCUT2D eigenvalue weighted by molar-refractivity contribution is 0.0956. The fourth-order valence-electron chi connectivity index (χ4n) is 2.99. The van der Waals surface area contributed by atoms with Gasteiger partial charge in [0.25, 0.3) is 0 Å². The van der Waals surface area contributed by atoms with E-state index in [1.807, 2.05) is 13.0 Å². The van der Waals surface area contributed by atoms with Crippen molar-refractivity contribution in [3.05, 3.63) is 77.5 Å². The van der Waals surface area contributed by atoms with Crippen molar-refractivity contribution in [3.8, 4) is 11.4 Å². The molecule has 0 aliphatic heterocycles. The summed E-state index contributed by atoms with van der Waals surface area (Å²) in [5.41, 5.74) is 2.87. The topological polar surface area (TPSA) is 70.7 Å². The predicted molar refractivity (Wildman–Crippen MR) is 113 cm³/mol. The number of aromatic nitrogens is 3. The van der Waals surface area contributed by atoms with Crippen LogP contribution in [0.3, 0.4) is 0 Å². The van der Waals surface area contributed by atoms with Gasteiger partial charge in [-0.1, -0.05) is 23.9 Å². The minimum absolute atomic E-state index is 0. The lowest BCUT2D eigenvalue weighted by Gasteiger charge is -2.11. The summed E-state index contributed by atoms with van der Waals surface area (Å²) in [6, 6.07) is 12.4. The third kappa shape index (κ3) is 4.32. The van der Waals surface area contributed by atoms with E-state index >= 15 is 0 Å². The summed E-state index contributed by atoms with van der Waals surface area (Å²) < 4.78 is 28.9. The summed E-state index contributed by atoms with van der Waals surface area (Å²) in [5.74, 6) is -0.684. The lowest BCUT2D eigenvalue weighted by Crippen LogP contribution is -2.03. The van der Waals surface area contributed by atoms with Crippen LogP contribution in [0.25, 0.3) is 17.0 Å². The number of aliphatic hydroxyl groups is 2. The van der Waals surface area contributed by atoms with Crippen molar-refractivity contribution in [2.24, 2.45) is 0 Å². The van der Waals surface area contributed by atoms with Crippen molar-refractivity contribution in [2.75, 3.05) is 6.61 Å². The molecule has 30 heavy (non-hydrogen) atoms. The summed E-state index contributed by atoms with van der Waals surface area (Å²) in [6.45, 7) is 1.53. The summed E-state index contributed by atoms with van der Waals surface area (Å²) >= 11 is 1.17. The lowest BCUT2D eigenvalue weighted by atomic mass is 10.0. The molecule has 0 saturated carbocycles. The number of fused-ring (bicyclic) bond motifs is 1. The van der Waals surface area contributed by atoms with Gasteiger partial charge in [-0.25, -0.2) is 8.78 Å². The molecule has 0 aliphatic carbocycles. The zero-order chi connectivity index (χ0) is 20.5. The van der Waals surface area contributed by atoms with E-state index in [0.29, 0.717) is 21.9 Å². The van der Waals surface area contributed by atoms with Gasteiger partial charge in [0.1, 0.15) is 17.7 Å². The van der Waals surface area contributed by atoms with Gasteiger partial charge in [-0.3, -0.25) is 4.40 Å². The van der Waals surface area contributed by atoms with Crippen LogP contribution >= 0.6 is 24.2 Å². The second kappa shape index (κ2) is 9.09. The molecule has 2 N–H and O–H groups in total. The molecule has 0 bridgehead atoms. The maximum atomic E-state index is 14.0. The van der Waals surface area contributed by atoms with Crippen molar-refractivity contribution in [3.63, 3.8) is 0 Å². The average Bonchev–Trinajstić information content (AvgIpc) is 3.13. The molecule has 0 saturated heterocycles. The largest absolute Gasteiger partial charge is 0.393 e. The van der Waals surface area contributed by atoms with Crippen LogP contribution in [0, 0.1) is 18.6 Å². The van der Waals surface area contributed by atoms with Gasteiger partial charge in [-0.2, -0.15) is 0 Å². The first kappa shape index (κ1) is 22.2. The second-order valence-electron chi connectivity index (χ2n) is 6.57. The van der Waals surface area contributed by atoms with E-state index in [-0.39, 0.29) is 19.0 Å². The van der Waals surface area contributed by atoms with Gasteiger partial charge in [-0.05, 0) is 48.4 Å². The highest BCUT2D eigenvalue weighted by Gasteiger charge is 2.15. The molecule has 1 atom stereocenters. The standard InChI is InChI=1S/C21H17F2N3O2S.ClH/c1-12-2-3-13(18(28)11-27)8-16(12)21-25-24-20-7-5-15(10-26(20)21)29-19-6-4-14(22)9-17(19)23;/h2-10,18,27-28H,11H2,1H3;1H. The van der Waals surface area contributed by atoms with E-state index < -0.39 is 17.7 Å². The Balaban J connectivity index is 0.00000256. The zero-order valence-electron chi connectivity index (χ0n) is 15.8. The number of aryl methyl sites for hydroxylation is 1. The predicted octanol–water partition coefficient (Wildman–Crippen LogP) is 4.58. The van der Waals surface area contributed by atoms with Gasteiger partial charge < -0.3 is 10.2 Å². The van der Waals surface area contributed by atoms with E-state index in [1.54, 1.807) is 34.9 Å². The SMILES string of the molecule is Cc1ccc(C(O)CO)cc1-c1nnc2ccc(Sc3ccc(F)cc3F)cn12.Cl. The molecule has 0 radical (unpaired) electrons. The summed E-state index contributed by atoms with van der Waals surface area (Å²) in [6.07, 6.45) is 0.799. The quantitative estimate of drug-likeness (QED) is 0.466. The minimum Gasteiger partial charge on any atom is -0.393 e. The van der Waals surface area contributed by atoms with Crippen LogP contribution in [0.15, 0.2) is 64.5 Å². The average molecular weight is 450 g/mol. The monoisotopic (exact) mass is 449 g/mol. The van der Waals surface area contributed by atoms with Crippen molar-refractivity contribution >= 4 is 29.8 Å². The zero-order valence-corrected chi connectivity index (χ0v) is 17.4. The molecule has 4 aromatic rings. The van der Waals surface area contributed by atoms with Crippen molar-refractivity contribution in [1.29, 1.82) is 0 Å². The second-order valence-corrected chi connectivity index (χ2v) is 7.68. The van der Waals surface area contributed by atoms with Crippen molar-refractivity contribution in [2.45, 2.75) is 22.8 Å². The van der Waals surface area contributed by atoms with E-state index in [1.165, 1.54) is 23.9 Å². The molecular formula is C21H18ClF2N3O2S. The molecule has 2 aromatic carbocycles. The third-order valence-electron chi connectivity index (χ3n) is 4.56. The number of aliphatic hydroxyl groups excluding tert-OH is 2. The molecule has 2 aromatic heterocycles. The van der Waals surface area contributed by atoms with Crippen molar-refractivity contribution < 1.29 is 19.0 Å². The Morgan fingerprint density at radius 1 is 1.07 bits per heavy atom. The van der Waals surface area contributed by atoms with E-state index in [4.69, 9.17) is 0 Å². The van der Waals surface area contributed by atoms with Gasteiger partial charge in [-0.15, -0.1) is 22.6 Å².